The lowest BCUT2D eigenvalue weighted by Crippen LogP contribution is -2.50. The molecule has 0 aromatic heterocycles. The summed E-state index contributed by atoms with van der Waals surface area (Å²) in [6, 6.07) is -0.480. The Labute approximate surface area is 138 Å². The van der Waals surface area contributed by atoms with E-state index in [2.05, 4.69) is 5.32 Å². The molecule has 3 rings (SSSR count). The molecule has 1 N–H and O–H groups in total. The molecule has 128 valence electrons. The van der Waals surface area contributed by atoms with Gasteiger partial charge < -0.3 is 5.32 Å². The minimum absolute atomic E-state index is 0.122. The van der Waals surface area contributed by atoms with Gasteiger partial charge >= 0.3 is 0 Å². The molecule has 0 spiro atoms. The van der Waals surface area contributed by atoms with Gasteiger partial charge in [-0.25, -0.2) is 0 Å². The van der Waals surface area contributed by atoms with Gasteiger partial charge in [0.05, 0.1) is 11.8 Å². The summed E-state index contributed by atoms with van der Waals surface area (Å²) >= 11 is 0. The molecule has 2 aliphatic carbocycles. The summed E-state index contributed by atoms with van der Waals surface area (Å²) in [6.45, 7) is 1.69. The molecule has 1 heterocycles. The zero-order valence-corrected chi connectivity index (χ0v) is 14.1. The molecule has 23 heavy (non-hydrogen) atoms. The molecule has 3 unspecified atom stereocenters. The van der Waals surface area contributed by atoms with E-state index in [1.54, 1.807) is 6.92 Å². The van der Waals surface area contributed by atoms with Crippen LogP contribution in [0.5, 0.6) is 0 Å². The van der Waals surface area contributed by atoms with E-state index in [1.807, 2.05) is 0 Å². The van der Waals surface area contributed by atoms with Gasteiger partial charge in [0, 0.05) is 6.04 Å². The van der Waals surface area contributed by atoms with Gasteiger partial charge in [-0.05, 0) is 32.6 Å². The molecule has 0 radical (unpaired) electrons. The number of nitrogens with zero attached hydrogens (tertiary/aromatic N) is 1. The number of carbonyl (C=O) groups is 3. The number of likely N-dealkylation sites (tertiary alicyclic amines) is 1. The predicted octanol–water partition coefficient (Wildman–Crippen LogP) is 2.39. The van der Waals surface area contributed by atoms with Crippen LogP contribution < -0.4 is 5.32 Å². The van der Waals surface area contributed by atoms with Crippen molar-refractivity contribution in [2.24, 2.45) is 11.8 Å². The number of amides is 3. The van der Waals surface area contributed by atoms with Crippen LogP contribution in [0.25, 0.3) is 0 Å². The van der Waals surface area contributed by atoms with Crippen LogP contribution in [-0.4, -0.2) is 34.7 Å². The largest absolute Gasteiger partial charge is 0.352 e. The van der Waals surface area contributed by atoms with E-state index in [0.717, 1.165) is 51.4 Å². The Morgan fingerprint density at radius 3 is 1.91 bits per heavy atom. The second kappa shape index (κ2) is 7.02. The average Bonchev–Trinajstić information content (AvgIpc) is 2.74. The fourth-order valence-corrected chi connectivity index (χ4v) is 4.43. The molecular formula is C18H28N2O3. The van der Waals surface area contributed by atoms with Crippen LogP contribution in [0.3, 0.4) is 0 Å². The molecule has 0 bridgehead atoms. The van der Waals surface area contributed by atoms with E-state index >= 15 is 0 Å². The van der Waals surface area contributed by atoms with Gasteiger partial charge in [-0.2, -0.15) is 0 Å². The van der Waals surface area contributed by atoms with Crippen molar-refractivity contribution in [3.63, 3.8) is 0 Å². The highest BCUT2D eigenvalue weighted by Crippen LogP contribution is 2.38. The van der Waals surface area contributed by atoms with E-state index in [9.17, 15) is 14.4 Å². The van der Waals surface area contributed by atoms with Crippen LogP contribution in [0, 0.1) is 11.8 Å². The van der Waals surface area contributed by atoms with E-state index < -0.39 is 6.04 Å². The summed E-state index contributed by atoms with van der Waals surface area (Å²) in [6.07, 6.45) is 10.4. The van der Waals surface area contributed by atoms with Crippen LogP contribution in [0.1, 0.15) is 71.1 Å². The maximum absolute atomic E-state index is 12.6. The first-order valence-corrected chi connectivity index (χ1v) is 9.27. The smallest absolute Gasteiger partial charge is 0.243 e. The van der Waals surface area contributed by atoms with Gasteiger partial charge in [-0.1, -0.05) is 38.5 Å². The minimum atomic E-state index is -0.677. The van der Waals surface area contributed by atoms with E-state index in [4.69, 9.17) is 0 Å². The number of fused-ring (bicyclic) bond motifs is 1. The lowest BCUT2D eigenvalue weighted by atomic mass is 9.81. The molecular weight excluding hydrogens is 292 g/mol. The summed E-state index contributed by atoms with van der Waals surface area (Å²) in [4.78, 5) is 38.9. The molecule has 2 saturated carbocycles. The van der Waals surface area contributed by atoms with Gasteiger partial charge in [0.1, 0.15) is 6.04 Å². The first-order valence-electron chi connectivity index (χ1n) is 9.27. The Morgan fingerprint density at radius 2 is 1.39 bits per heavy atom. The van der Waals surface area contributed by atoms with Crippen LogP contribution in [0.4, 0.5) is 0 Å². The molecule has 3 atom stereocenters. The van der Waals surface area contributed by atoms with Crippen LogP contribution in [0.2, 0.25) is 0 Å². The van der Waals surface area contributed by atoms with Crippen molar-refractivity contribution in [3.05, 3.63) is 0 Å². The maximum Gasteiger partial charge on any atom is 0.243 e. The normalized spacial score (nSPS) is 30.7. The number of nitrogens with one attached hydrogen (secondary N) is 1. The standard InChI is InChI=1S/C18H28N2O3/c1-12(16(21)19-13-8-4-2-3-5-9-13)20-17(22)14-10-6-7-11-15(14)18(20)23/h12-15H,2-11H2,1H3,(H,19,21). The lowest BCUT2D eigenvalue weighted by molar-refractivity contribution is -0.147. The van der Waals surface area contributed by atoms with Crippen molar-refractivity contribution in [2.75, 3.05) is 0 Å². The second-order valence-corrected chi connectivity index (χ2v) is 7.42. The summed E-state index contributed by atoms with van der Waals surface area (Å²) in [5.74, 6) is -0.766. The summed E-state index contributed by atoms with van der Waals surface area (Å²) < 4.78 is 0. The van der Waals surface area contributed by atoms with Crippen LogP contribution >= 0.6 is 0 Å². The third-order valence-corrected chi connectivity index (χ3v) is 5.84. The van der Waals surface area contributed by atoms with Gasteiger partial charge in [-0.3, -0.25) is 19.3 Å². The highest BCUT2D eigenvalue weighted by atomic mass is 16.2. The average molecular weight is 320 g/mol. The second-order valence-electron chi connectivity index (χ2n) is 7.42. The zero-order valence-electron chi connectivity index (χ0n) is 14.1. The molecule has 1 saturated heterocycles. The molecule has 3 amide bonds. The Hall–Kier alpha value is -1.39. The number of carbonyl (C=O) groups excluding carboxylic acids is 3. The summed E-state index contributed by atoms with van der Waals surface area (Å²) in [7, 11) is 0. The fraction of sp³-hybridized carbons (Fsp3) is 0.833. The predicted molar refractivity (Wildman–Crippen MR) is 86.4 cm³/mol. The molecule has 3 aliphatic rings. The van der Waals surface area contributed by atoms with E-state index in [0.29, 0.717) is 0 Å². The van der Waals surface area contributed by atoms with E-state index in [-0.39, 0.29) is 35.6 Å². The van der Waals surface area contributed by atoms with E-state index in [1.165, 1.54) is 17.7 Å². The number of rotatable bonds is 3. The van der Waals surface area contributed by atoms with Crippen molar-refractivity contribution in [1.29, 1.82) is 0 Å². The Bertz CT molecular complexity index is 459. The first kappa shape index (κ1) is 16.5. The third-order valence-electron chi connectivity index (χ3n) is 5.84. The molecule has 1 aliphatic heterocycles. The monoisotopic (exact) mass is 320 g/mol. The quantitative estimate of drug-likeness (QED) is 0.641. The van der Waals surface area contributed by atoms with Crippen molar-refractivity contribution in [1.82, 2.24) is 10.2 Å². The molecule has 5 heteroatoms. The van der Waals surface area contributed by atoms with Gasteiger partial charge in [0.2, 0.25) is 17.7 Å². The molecule has 0 aromatic carbocycles. The number of hydrogen-bond donors (Lipinski definition) is 1. The Kier molecular flexibility index (Phi) is 5.02. The summed E-state index contributed by atoms with van der Waals surface area (Å²) in [5, 5.41) is 3.07. The molecule has 3 fully saturated rings. The van der Waals surface area contributed by atoms with Gasteiger partial charge in [0.15, 0.2) is 0 Å². The number of imide groups is 1. The molecule has 5 nitrogen and oxygen atoms in total. The maximum atomic E-state index is 12.6. The molecule has 0 aromatic rings. The van der Waals surface area contributed by atoms with Crippen molar-refractivity contribution >= 4 is 17.7 Å². The SMILES string of the molecule is CC(C(=O)NC1CCCCCC1)N1C(=O)C2CCCCC2C1=O. The third kappa shape index (κ3) is 3.29. The van der Waals surface area contributed by atoms with Crippen molar-refractivity contribution < 1.29 is 14.4 Å². The van der Waals surface area contributed by atoms with Crippen molar-refractivity contribution in [2.45, 2.75) is 83.2 Å². The topological polar surface area (TPSA) is 66.5 Å². The van der Waals surface area contributed by atoms with Gasteiger partial charge in [0.25, 0.3) is 0 Å². The lowest BCUT2D eigenvalue weighted by Gasteiger charge is -2.25. The van der Waals surface area contributed by atoms with Crippen molar-refractivity contribution in [3.8, 4) is 0 Å². The van der Waals surface area contributed by atoms with Gasteiger partial charge in [-0.15, -0.1) is 0 Å². The highest BCUT2D eigenvalue weighted by Gasteiger charge is 2.50. The van der Waals surface area contributed by atoms with Crippen LogP contribution in [0.15, 0.2) is 0 Å². The number of hydrogen-bond acceptors (Lipinski definition) is 3. The Morgan fingerprint density at radius 1 is 0.913 bits per heavy atom. The summed E-state index contributed by atoms with van der Waals surface area (Å²) in [5.41, 5.74) is 0. The fourth-order valence-electron chi connectivity index (χ4n) is 4.43. The zero-order chi connectivity index (χ0) is 16.4. The first-order chi connectivity index (χ1) is 11.1. The van der Waals surface area contributed by atoms with Crippen LogP contribution in [-0.2, 0) is 14.4 Å². The Balaban J connectivity index is 1.64. The highest BCUT2D eigenvalue weighted by molar-refractivity contribution is 6.08. The minimum Gasteiger partial charge on any atom is -0.352 e.